The Morgan fingerprint density at radius 3 is 2.61 bits per heavy atom. The number of hydrogen-bond acceptors (Lipinski definition) is 2. The van der Waals surface area contributed by atoms with E-state index < -0.39 is 0 Å². The highest BCUT2D eigenvalue weighted by Crippen LogP contribution is 2.24. The van der Waals surface area contributed by atoms with Gasteiger partial charge in [0.15, 0.2) is 0 Å². The second kappa shape index (κ2) is 6.44. The lowest BCUT2D eigenvalue weighted by atomic mass is 9.96. The Labute approximate surface area is 116 Å². The molecule has 0 aliphatic carbocycles. The highest BCUT2D eigenvalue weighted by Gasteiger charge is 2.18. The van der Waals surface area contributed by atoms with E-state index in [2.05, 4.69) is 48.2 Å². The maximum absolute atomic E-state index is 6.00. The van der Waals surface area contributed by atoms with Gasteiger partial charge in [-0.3, -0.25) is 0 Å². The zero-order valence-electron chi connectivity index (χ0n) is 11.4. The molecular formula is C15H23ClN2. The molecule has 100 valence electrons. The van der Waals surface area contributed by atoms with Crippen LogP contribution in [-0.4, -0.2) is 38.6 Å². The molecule has 0 amide bonds. The van der Waals surface area contributed by atoms with Crippen LogP contribution < -0.4 is 4.90 Å². The Morgan fingerprint density at radius 2 is 1.94 bits per heavy atom. The van der Waals surface area contributed by atoms with Crippen LogP contribution >= 0.6 is 11.6 Å². The van der Waals surface area contributed by atoms with Crippen LogP contribution in [0.5, 0.6) is 0 Å². The van der Waals surface area contributed by atoms with Gasteiger partial charge in [0.05, 0.1) is 0 Å². The Morgan fingerprint density at radius 1 is 1.28 bits per heavy atom. The molecule has 0 atom stereocenters. The fourth-order valence-electron chi connectivity index (χ4n) is 2.73. The van der Waals surface area contributed by atoms with E-state index in [-0.39, 0.29) is 0 Å². The third kappa shape index (κ3) is 3.39. The quantitative estimate of drug-likeness (QED) is 0.773. The molecule has 0 spiro atoms. The Hall–Kier alpha value is -0.730. The molecule has 0 saturated carbocycles. The van der Waals surface area contributed by atoms with Crippen molar-refractivity contribution >= 4 is 17.3 Å². The lowest BCUT2D eigenvalue weighted by molar-refractivity contribution is 0.222. The van der Waals surface area contributed by atoms with Gasteiger partial charge in [0, 0.05) is 25.2 Å². The van der Waals surface area contributed by atoms with Crippen LogP contribution in [0.1, 0.15) is 18.4 Å². The van der Waals surface area contributed by atoms with Crippen molar-refractivity contribution in [1.82, 2.24) is 4.90 Å². The number of piperidine rings is 1. The minimum Gasteiger partial charge on any atom is -0.374 e. The lowest BCUT2D eigenvalue weighted by Gasteiger charge is -2.33. The number of anilines is 1. The summed E-state index contributed by atoms with van der Waals surface area (Å²) in [5.41, 5.74) is 2.51. The number of para-hydroxylation sites is 1. The predicted octanol–water partition coefficient (Wildman–Crippen LogP) is 3.20. The van der Waals surface area contributed by atoms with Crippen LogP contribution in [0.3, 0.4) is 0 Å². The van der Waals surface area contributed by atoms with Gasteiger partial charge in [-0.15, -0.1) is 11.6 Å². The molecule has 0 unspecified atom stereocenters. The van der Waals surface area contributed by atoms with E-state index in [4.69, 9.17) is 11.6 Å². The number of hydrogen-bond donors (Lipinski definition) is 0. The van der Waals surface area contributed by atoms with Crippen LogP contribution in [0.2, 0.25) is 0 Å². The minimum atomic E-state index is 0.591. The van der Waals surface area contributed by atoms with Gasteiger partial charge in [0.2, 0.25) is 0 Å². The van der Waals surface area contributed by atoms with Crippen LogP contribution in [0, 0.1) is 5.92 Å². The summed E-state index contributed by atoms with van der Waals surface area (Å²) in [6.07, 6.45) is 2.62. The van der Waals surface area contributed by atoms with Crippen molar-refractivity contribution in [3.8, 4) is 0 Å². The molecular weight excluding hydrogens is 244 g/mol. The summed E-state index contributed by atoms with van der Waals surface area (Å²) in [6, 6.07) is 8.45. The first-order valence-corrected chi connectivity index (χ1v) is 7.27. The highest BCUT2D eigenvalue weighted by molar-refractivity contribution is 6.17. The van der Waals surface area contributed by atoms with E-state index >= 15 is 0 Å². The van der Waals surface area contributed by atoms with Gasteiger partial charge in [-0.25, -0.2) is 0 Å². The van der Waals surface area contributed by atoms with Crippen LogP contribution in [0.25, 0.3) is 0 Å². The van der Waals surface area contributed by atoms with Crippen molar-refractivity contribution in [3.05, 3.63) is 29.8 Å². The van der Waals surface area contributed by atoms with Gasteiger partial charge in [0.1, 0.15) is 0 Å². The number of benzene rings is 1. The highest BCUT2D eigenvalue weighted by atomic mass is 35.5. The van der Waals surface area contributed by atoms with E-state index in [9.17, 15) is 0 Å². The molecule has 2 rings (SSSR count). The van der Waals surface area contributed by atoms with E-state index in [1.807, 2.05) is 0 Å². The van der Waals surface area contributed by atoms with Crippen LogP contribution in [0.15, 0.2) is 24.3 Å². The molecule has 2 nitrogen and oxygen atoms in total. The minimum absolute atomic E-state index is 0.591. The first-order valence-electron chi connectivity index (χ1n) is 6.74. The molecule has 1 aromatic carbocycles. The summed E-state index contributed by atoms with van der Waals surface area (Å²) >= 11 is 6.00. The summed E-state index contributed by atoms with van der Waals surface area (Å²) in [4.78, 5) is 4.79. The third-order valence-corrected chi connectivity index (χ3v) is 4.20. The van der Waals surface area contributed by atoms with Gasteiger partial charge in [0.25, 0.3) is 0 Å². The van der Waals surface area contributed by atoms with E-state index in [1.165, 1.54) is 37.2 Å². The summed E-state index contributed by atoms with van der Waals surface area (Å²) in [5, 5.41) is 0. The third-order valence-electron chi connectivity index (χ3n) is 3.92. The van der Waals surface area contributed by atoms with E-state index in [1.54, 1.807) is 0 Å². The summed E-state index contributed by atoms with van der Waals surface area (Å²) in [5.74, 6) is 1.41. The summed E-state index contributed by atoms with van der Waals surface area (Å²) in [6.45, 7) is 3.60. The maximum Gasteiger partial charge on any atom is 0.0494 e. The Kier molecular flexibility index (Phi) is 4.90. The molecule has 0 radical (unpaired) electrons. The number of alkyl halides is 1. The Balaban J connectivity index is 1.96. The fourth-order valence-corrected chi connectivity index (χ4v) is 2.95. The molecule has 1 fully saturated rings. The largest absolute Gasteiger partial charge is 0.374 e. The number of halogens is 1. The van der Waals surface area contributed by atoms with Crippen molar-refractivity contribution in [2.45, 2.75) is 18.7 Å². The molecule has 0 N–H and O–H groups in total. The second-order valence-electron chi connectivity index (χ2n) is 5.39. The van der Waals surface area contributed by atoms with Gasteiger partial charge < -0.3 is 9.80 Å². The number of nitrogens with zero attached hydrogens (tertiary/aromatic N) is 2. The van der Waals surface area contributed by atoms with Crippen LogP contribution in [-0.2, 0) is 5.88 Å². The molecule has 0 bridgehead atoms. The maximum atomic E-state index is 6.00. The average molecular weight is 267 g/mol. The number of rotatable bonds is 4. The first kappa shape index (κ1) is 13.7. The zero-order chi connectivity index (χ0) is 13.0. The topological polar surface area (TPSA) is 6.48 Å². The Bertz CT molecular complexity index is 373. The molecule has 3 heteroatoms. The fraction of sp³-hybridized carbons (Fsp3) is 0.600. The zero-order valence-corrected chi connectivity index (χ0v) is 12.2. The molecule has 18 heavy (non-hydrogen) atoms. The van der Waals surface area contributed by atoms with Crippen LogP contribution in [0.4, 0.5) is 5.69 Å². The molecule has 1 aliphatic heterocycles. The molecule has 1 aliphatic rings. The molecule has 1 saturated heterocycles. The molecule has 1 heterocycles. The van der Waals surface area contributed by atoms with E-state index in [0.29, 0.717) is 5.88 Å². The molecule has 0 aromatic heterocycles. The second-order valence-corrected chi connectivity index (χ2v) is 5.66. The predicted molar refractivity (Wildman–Crippen MR) is 79.5 cm³/mol. The lowest BCUT2D eigenvalue weighted by Crippen LogP contribution is -2.35. The van der Waals surface area contributed by atoms with Gasteiger partial charge in [-0.1, -0.05) is 18.2 Å². The van der Waals surface area contributed by atoms with Crippen molar-refractivity contribution in [2.24, 2.45) is 5.92 Å². The standard InChI is InChI=1S/C15H23ClN2/c1-17-9-7-13(8-10-17)12-18(2)15-6-4-3-5-14(15)11-16/h3-6,13H,7-12H2,1-2H3. The summed E-state index contributed by atoms with van der Waals surface area (Å²) in [7, 11) is 4.40. The smallest absolute Gasteiger partial charge is 0.0494 e. The van der Waals surface area contributed by atoms with Crippen molar-refractivity contribution in [1.29, 1.82) is 0 Å². The monoisotopic (exact) mass is 266 g/mol. The average Bonchev–Trinajstić information content (AvgIpc) is 2.41. The number of likely N-dealkylation sites (tertiary alicyclic amines) is 1. The first-order chi connectivity index (χ1) is 8.70. The normalized spacial score (nSPS) is 17.9. The van der Waals surface area contributed by atoms with E-state index in [0.717, 1.165) is 12.5 Å². The van der Waals surface area contributed by atoms with Crippen molar-refractivity contribution < 1.29 is 0 Å². The molecule has 1 aromatic rings. The SMILES string of the molecule is CN1CCC(CN(C)c2ccccc2CCl)CC1. The van der Waals surface area contributed by atoms with Gasteiger partial charge in [-0.2, -0.15) is 0 Å². The van der Waals surface area contributed by atoms with Gasteiger partial charge in [-0.05, 0) is 50.5 Å². The van der Waals surface area contributed by atoms with Crippen molar-refractivity contribution in [2.75, 3.05) is 38.6 Å². The summed E-state index contributed by atoms with van der Waals surface area (Å²) < 4.78 is 0. The van der Waals surface area contributed by atoms with Crippen molar-refractivity contribution in [3.63, 3.8) is 0 Å². The van der Waals surface area contributed by atoms with Gasteiger partial charge >= 0.3 is 0 Å².